The number of nitrogens with one attached hydrogen (secondary N) is 1. The Balaban J connectivity index is 1.64. The molecular weight excluding hydrogens is 348 g/mol. The Bertz CT molecular complexity index is 936. The van der Waals surface area contributed by atoms with Gasteiger partial charge in [-0.05, 0) is 73.6 Å². The minimum atomic E-state index is -0.629. The molecule has 1 aliphatic carbocycles. The quantitative estimate of drug-likeness (QED) is 0.495. The fraction of sp³-hybridized carbons (Fsp3) is 0.300. The molecule has 0 unspecified atom stereocenters. The summed E-state index contributed by atoms with van der Waals surface area (Å²) in [7, 11) is 0. The van der Waals surface area contributed by atoms with Crippen molar-refractivity contribution >= 4 is 23.3 Å². The highest BCUT2D eigenvalue weighted by Gasteiger charge is 2.19. The van der Waals surface area contributed by atoms with Gasteiger partial charge in [-0.1, -0.05) is 6.07 Å². The second-order valence-electron chi connectivity index (χ2n) is 6.67. The molecule has 1 aliphatic rings. The predicted octanol–water partition coefficient (Wildman–Crippen LogP) is 3.50. The first kappa shape index (κ1) is 18.6. The van der Waals surface area contributed by atoms with E-state index in [0.717, 1.165) is 36.0 Å². The van der Waals surface area contributed by atoms with Crippen LogP contribution in [0.2, 0.25) is 0 Å². The SMILES string of the molecule is Cc1cc(NC(=O)COC(=O)c2ccc3c(c2)CCC3)c([N+](=O)[O-])cc1C. The first-order valence-electron chi connectivity index (χ1n) is 8.69. The number of hydrogen-bond acceptors (Lipinski definition) is 5. The molecule has 0 aromatic heterocycles. The van der Waals surface area contributed by atoms with E-state index in [0.29, 0.717) is 5.56 Å². The molecule has 0 heterocycles. The number of anilines is 1. The maximum atomic E-state index is 12.2. The third kappa shape index (κ3) is 4.13. The lowest BCUT2D eigenvalue weighted by atomic mass is 10.1. The summed E-state index contributed by atoms with van der Waals surface area (Å²) < 4.78 is 5.06. The number of aryl methyl sites for hydroxylation is 4. The third-order valence-corrected chi connectivity index (χ3v) is 4.75. The first-order chi connectivity index (χ1) is 12.8. The van der Waals surface area contributed by atoms with Gasteiger partial charge in [-0.25, -0.2) is 4.79 Å². The van der Waals surface area contributed by atoms with Gasteiger partial charge in [0, 0.05) is 6.07 Å². The summed E-state index contributed by atoms with van der Waals surface area (Å²) in [6.45, 7) is 3.04. The molecule has 0 radical (unpaired) electrons. The van der Waals surface area contributed by atoms with Crippen LogP contribution in [0.5, 0.6) is 0 Å². The average molecular weight is 368 g/mol. The minimum absolute atomic E-state index is 0.0849. The maximum absolute atomic E-state index is 12.2. The smallest absolute Gasteiger partial charge is 0.338 e. The van der Waals surface area contributed by atoms with Gasteiger partial charge in [-0.3, -0.25) is 14.9 Å². The number of rotatable bonds is 5. The molecule has 0 aliphatic heterocycles. The molecule has 0 saturated carbocycles. The minimum Gasteiger partial charge on any atom is -0.452 e. The summed E-state index contributed by atoms with van der Waals surface area (Å²) in [4.78, 5) is 34.9. The molecule has 0 saturated heterocycles. The van der Waals surface area contributed by atoms with Crippen molar-refractivity contribution in [3.05, 3.63) is 68.3 Å². The van der Waals surface area contributed by atoms with Crippen molar-refractivity contribution < 1.29 is 19.2 Å². The van der Waals surface area contributed by atoms with Crippen LogP contribution in [0.1, 0.15) is 39.0 Å². The largest absolute Gasteiger partial charge is 0.452 e. The standard InChI is InChI=1S/C20H20N2O5/c1-12-8-17(18(22(25)26)9-13(12)2)21-19(23)11-27-20(24)16-7-6-14-4-3-5-15(14)10-16/h6-10H,3-5,11H2,1-2H3,(H,21,23). The number of benzene rings is 2. The number of nitrogens with zero attached hydrogens (tertiary/aromatic N) is 1. The van der Waals surface area contributed by atoms with Crippen LogP contribution in [0.25, 0.3) is 0 Å². The molecule has 140 valence electrons. The zero-order valence-electron chi connectivity index (χ0n) is 15.2. The van der Waals surface area contributed by atoms with Gasteiger partial charge in [0.25, 0.3) is 11.6 Å². The second kappa shape index (κ2) is 7.57. The topological polar surface area (TPSA) is 98.5 Å². The van der Waals surface area contributed by atoms with E-state index in [1.54, 1.807) is 26.0 Å². The van der Waals surface area contributed by atoms with Gasteiger partial charge in [-0.2, -0.15) is 0 Å². The van der Waals surface area contributed by atoms with Gasteiger partial charge in [-0.15, -0.1) is 0 Å². The number of esters is 1. The Kier molecular flexibility index (Phi) is 5.21. The lowest BCUT2D eigenvalue weighted by molar-refractivity contribution is -0.384. The van der Waals surface area contributed by atoms with Crippen molar-refractivity contribution in [2.75, 3.05) is 11.9 Å². The van der Waals surface area contributed by atoms with Gasteiger partial charge >= 0.3 is 5.97 Å². The lowest BCUT2D eigenvalue weighted by Gasteiger charge is -2.10. The van der Waals surface area contributed by atoms with Crippen molar-refractivity contribution in [1.29, 1.82) is 0 Å². The Labute approximate surface area is 156 Å². The molecular formula is C20H20N2O5. The molecule has 7 heteroatoms. The highest BCUT2D eigenvalue weighted by molar-refractivity contribution is 5.97. The van der Waals surface area contributed by atoms with Crippen LogP contribution < -0.4 is 5.32 Å². The van der Waals surface area contributed by atoms with E-state index in [9.17, 15) is 19.7 Å². The average Bonchev–Trinajstić information content (AvgIpc) is 3.10. The van der Waals surface area contributed by atoms with Crippen LogP contribution >= 0.6 is 0 Å². The molecule has 0 bridgehead atoms. The van der Waals surface area contributed by atoms with Gasteiger partial charge in [0.1, 0.15) is 5.69 Å². The van der Waals surface area contributed by atoms with E-state index in [1.165, 1.54) is 17.7 Å². The van der Waals surface area contributed by atoms with Crippen molar-refractivity contribution in [1.82, 2.24) is 0 Å². The molecule has 0 fully saturated rings. The normalized spacial score (nSPS) is 12.4. The van der Waals surface area contributed by atoms with Crippen LogP contribution in [0.3, 0.4) is 0 Å². The fourth-order valence-corrected chi connectivity index (χ4v) is 3.15. The van der Waals surface area contributed by atoms with Crippen molar-refractivity contribution in [2.24, 2.45) is 0 Å². The van der Waals surface area contributed by atoms with Crippen molar-refractivity contribution in [2.45, 2.75) is 33.1 Å². The van der Waals surface area contributed by atoms with Crippen LogP contribution in [0, 0.1) is 24.0 Å². The molecule has 2 aromatic carbocycles. The summed E-state index contributed by atoms with van der Waals surface area (Å²) in [5.74, 6) is -1.22. The summed E-state index contributed by atoms with van der Waals surface area (Å²) in [6, 6.07) is 8.35. The van der Waals surface area contributed by atoms with Crippen molar-refractivity contribution in [3.63, 3.8) is 0 Å². The van der Waals surface area contributed by atoms with E-state index in [-0.39, 0.29) is 11.4 Å². The second-order valence-corrected chi connectivity index (χ2v) is 6.67. The third-order valence-electron chi connectivity index (χ3n) is 4.75. The Hall–Kier alpha value is -3.22. The zero-order valence-corrected chi connectivity index (χ0v) is 15.2. The highest BCUT2D eigenvalue weighted by Crippen LogP contribution is 2.28. The fourth-order valence-electron chi connectivity index (χ4n) is 3.15. The van der Waals surface area contributed by atoms with E-state index in [2.05, 4.69) is 5.32 Å². The van der Waals surface area contributed by atoms with Crippen LogP contribution in [-0.4, -0.2) is 23.4 Å². The number of amides is 1. The first-order valence-corrected chi connectivity index (χ1v) is 8.69. The van der Waals surface area contributed by atoms with E-state index in [1.807, 2.05) is 6.07 Å². The van der Waals surface area contributed by atoms with Gasteiger partial charge < -0.3 is 10.1 Å². The summed E-state index contributed by atoms with van der Waals surface area (Å²) in [5, 5.41) is 13.6. The number of nitro groups is 1. The Morgan fingerprint density at radius 1 is 1.11 bits per heavy atom. The molecule has 27 heavy (non-hydrogen) atoms. The predicted molar refractivity (Wildman–Crippen MR) is 99.9 cm³/mol. The van der Waals surface area contributed by atoms with Crippen LogP contribution in [0.15, 0.2) is 30.3 Å². The van der Waals surface area contributed by atoms with Gasteiger partial charge in [0.2, 0.25) is 0 Å². The molecule has 1 N–H and O–H groups in total. The van der Waals surface area contributed by atoms with Gasteiger partial charge in [0.05, 0.1) is 10.5 Å². The number of fused-ring (bicyclic) bond motifs is 1. The maximum Gasteiger partial charge on any atom is 0.338 e. The lowest BCUT2D eigenvalue weighted by Crippen LogP contribution is -2.21. The number of ether oxygens (including phenoxy) is 1. The van der Waals surface area contributed by atoms with Gasteiger partial charge in [0.15, 0.2) is 6.61 Å². The van der Waals surface area contributed by atoms with E-state index < -0.39 is 23.4 Å². The number of carbonyl (C=O) groups excluding carboxylic acids is 2. The monoisotopic (exact) mass is 368 g/mol. The van der Waals surface area contributed by atoms with Crippen LogP contribution in [0.4, 0.5) is 11.4 Å². The van der Waals surface area contributed by atoms with Crippen LogP contribution in [-0.2, 0) is 22.4 Å². The Morgan fingerprint density at radius 3 is 2.56 bits per heavy atom. The summed E-state index contributed by atoms with van der Waals surface area (Å²) in [5.41, 5.74) is 4.23. The van der Waals surface area contributed by atoms with Crippen molar-refractivity contribution in [3.8, 4) is 0 Å². The molecule has 2 aromatic rings. The molecule has 0 spiro atoms. The Morgan fingerprint density at radius 2 is 1.81 bits per heavy atom. The highest BCUT2D eigenvalue weighted by atomic mass is 16.6. The molecule has 3 rings (SSSR count). The summed E-state index contributed by atoms with van der Waals surface area (Å²) in [6.07, 6.45) is 3.03. The van der Waals surface area contributed by atoms with E-state index in [4.69, 9.17) is 4.74 Å². The number of hydrogen-bond donors (Lipinski definition) is 1. The van der Waals surface area contributed by atoms with E-state index >= 15 is 0 Å². The number of nitro benzene ring substituents is 1. The molecule has 7 nitrogen and oxygen atoms in total. The zero-order chi connectivity index (χ0) is 19.6. The summed E-state index contributed by atoms with van der Waals surface area (Å²) >= 11 is 0. The molecule has 0 atom stereocenters. The molecule has 1 amide bonds. The number of carbonyl (C=O) groups is 2.